The van der Waals surface area contributed by atoms with Crippen molar-refractivity contribution in [3.8, 4) is 17.2 Å². The highest BCUT2D eigenvalue weighted by atomic mass is 19.1. The molecule has 1 aliphatic heterocycles. The van der Waals surface area contributed by atoms with Gasteiger partial charge in [-0.05, 0) is 61.0 Å². The Balaban J connectivity index is 1.28. The van der Waals surface area contributed by atoms with Crippen molar-refractivity contribution in [2.75, 3.05) is 19.1 Å². The summed E-state index contributed by atoms with van der Waals surface area (Å²) in [6.45, 7) is 2.31. The van der Waals surface area contributed by atoms with E-state index in [-0.39, 0.29) is 36.0 Å². The van der Waals surface area contributed by atoms with Gasteiger partial charge in [0.1, 0.15) is 17.3 Å². The second-order valence-electron chi connectivity index (χ2n) is 11.2. The molecule has 0 N–H and O–H groups in total. The molecule has 3 heterocycles. The Morgan fingerprint density at radius 2 is 1.66 bits per heavy atom. The predicted molar refractivity (Wildman–Crippen MR) is 176 cm³/mol. The minimum Gasteiger partial charge on any atom is -0.493 e. The molecule has 0 spiro atoms. The third kappa shape index (κ3) is 5.52. The summed E-state index contributed by atoms with van der Waals surface area (Å²) >= 11 is 0. The zero-order chi connectivity index (χ0) is 32.7. The molecule has 0 saturated carbocycles. The number of hydrogen-bond donors (Lipinski definition) is 0. The van der Waals surface area contributed by atoms with E-state index < -0.39 is 5.82 Å². The monoisotopic (exact) mass is 628 g/mol. The first-order valence-corrected chi connectivity index (χ1v) is 14.8. The summed E-state index contributed by atoms with van der Waals surface area (Å²) in [7, 11) is 3.11. The highest BCUT2D eigenvalue weighted by Crippen LogP contribution is 2.39. The number of amides is 1. The maximum Gasteiger partial charge on any atom is 0.261 e. The number of aryl methyl sites for hydroxylation is 1. The Morgan fingerprint density at radius 1 is 0.872 bits per heavy atom. The Labute approximate surface area is 268 Å². The van der Waals surface area contributed by atoms with E-state index in [4.69, 9.17) is 14.5 Å². The van der Waals surface area contributed by atoms with E-state index in [1.807, 2.05) is 37.3 Å². The molecule has 0 fully saturated rings. The van der Waals surface area contributed by atoms with Crippen LogP contribution in [-0.2, 0) is 17.9 Å². The third-order valence-electron chi connectivity index (χ3n) is 8.13. The van der Waals surface area contributed by atoms with E-state index in [2.05, 4.69) is 10.3 Å². The molecular formula is C36H29FN6O4. The fraction of sp³-hybridized carbons (Fsp3) is 0.139. The van der Waals surface area contributed by atoms with Gasteiger partial charge >= 0.3 is 0 Å². The SMILES string of the molecule is COc1ccc(-n2cc(CN3C(=O)/C(=C/c4nc5ccccc5c(=O)n4Cc4ccc(C)cc4)c4cc(F)ccc43)nn2)cc1OC. The lowest BCUT2D eigenvalue weighted by Crippen LogP contribution is -2.27. The summed E-state index contributed by atoms with van der Waals surface area (Å²) in [5.41, 5.74) is 4.57. The number of anilines is 1. The van der Waals surface area contributed by atoms with Crippen LogP contribution in [0.3, 0.4) is 0 Å². The Kier molecular flexibility index (Phi) is 7.56. The largest absolute Gasteiger partial charge is 0.493 e. The maximum atomic E-state index is 14.7. The first-order valence-electron chi connectivity index (χ1n) is 14.8. The van der Waals surface area contributed by atoms with E-state index in [9.17, 15) is 14.0 Å². The molecule has 0 saturated heterocycles. The molecule has 2 aromatic heterocycles. The summed E-state index contributed by atoms with van der Waals surface area (Å²) in [6, 6.07) is 24.5. The minimum absolute atomic E-state index is 0.0728. The Bertz CT molecular complexity index is 2260. The number of carbonyl (C=O) groups is 1. The molecule has 11 heteroatoms. The van der Waals surface area contributed by atoms with Gasteiger partial charge in [-0.15, -0.1) is 5.10 Å². The standard InChI is InChI=1S/C36H29FN6O4/c1-22-8-10-23(11-9-22)19-42-34(38-30-7-5-4-6-27(30)35(42)44)18-29-28-16-24(37)12-14-31(28)41(36(29)45)20-25-21-43(40-39-25)26-13-15-32(46-2)33(17-26)47-3/h4-18,21H,19-20H2,1-3H3/b29-18+. The smallest absolute Gasteiger partial charge is 0.261 e. The van der Waals surface area contributed by atoms with Crippen LogP contribution in [0.5, 0.6) is 11.5 Å². The number of para-hydroxylation sites is 1. The zero-order valence-electron chi connectivity index (χ0n) is 25.8. The normalized spacial score (nSPS) is 13.4. The molecule has 234 valence electrons. The second-order valence-corrected chi connectivity index (χ2v) is 11.2. The van der Waals surface area contributed by atoms with Crippen molar-refractivity contribution < 1.29 is 18.7 Å². The van der Waals surface area contributed by atoms with Gasteiger partial charge in [-0.2, -0.15) is 0 Å². The van der Waals surface area contributed by atoms with Gasteiger partial charge < -0.3 is 14.4 Å². The summed E-state index contributed by atoms with van der Waals surface area (Å²) in [6.07, 6.45) is 3.28. The van der Waals surface area contributed by atoms with Crippen molar-refractivity contribution in [3.63, 3.8) is 0 Å². The molecule has 0 radical (unpaired) electrons. The topological polar surface area (TPSA) is 104 Å². The Hall–Kier alpha value is -6.10. The van der Waals surface area contributed by atoms with Gasteiger partial charge in [0, 0.05) is 11.6 Å². The molecule has 4 aromatic carbocycles. The summed E-state index contributed by atoms with van der Waals surface area (Å²) in [5.74, 6) is 0.523. The number of nitrogens with zero attached hydrogens (tertiary/aromatic N) is 6. The van der Waals surface area contributed by atoms with Crippen molar-refractivity contribution in [1.29, 1.82) is 0 Å². The lowest BCUT2D eigenvalue weighted by Gasteiger charge is -2.15. The highest BCUT2D eigenvalue weighted by molar-refractivity contribution is 6.35. The first-order chi connectivity index (χ1) is 22.8. The number of rotatable bonds is 8. The molecule has 7 rings (SSSR count). The van der Waals surface area contributed by atoms with E-state index in [0.29, 0.717) is 45.0 Å². The van der Waals surface area contributed by atoms with Crippen LogP contribution >= 0.6 is 0 Å². The molecule has 47 heavy (non-hydrogen) atoms. The van der Waals surface area contributed by atoms with E-state index in [0.717, 1.165) is 11.1 Å². The number of fused-ring (bicyclic) bond motifs is 2. The number of carbonyl (C=O) groups excluding carboxylic acids is 1. The van der Waals surface area contributed by atoms with Gasteiger partial charge in [0.25, 0.3) is 11.5 Å². The van der Waals surface area contributed by atoms with Gasteiger partial charge in [-0.25, -0.2) is 14.1 Å². The van der Waals surface area contributed by atoms with Crippen molar-refractivity contribution in [2.45, 2.75) is 20.0 Å². The van der Waals surface area contributed by atoms with Crippen LogP contribution in [0.25, 0.3) is 28.2 Å². The van der Waals surface area contributed by atoms with Crippen LogP contribution < -0.4 is 19.9 Å². The number of methoxy groups -OCH3 is 2. The van der Waals surface area contributed by atoms with Gasteiger partial charge in [-0.1, -0.05) is 47.2 Å². The van der Waals surface area contributed by atoms with Crippen molar-refractivity contribution >= 4 is 34.1 Å². The van der Waals surface area contributed by atoms with Crippen LogP contribution in [0.1, 0.15) is 28.2 Å². The maximum absolute atomic E-state index is 14.7. The van der Waals surface area contributed by atoms with Crippen molar-refractivity contribution in [3.05, 3.63) is 136 Å². The van der Waals surface area contributed by atoms with Crippen LogP contribution in [-0.4, -0.2) is 44.7 Å². The Morgan fingerprint density at radius 3 is 2.45 bits per heavy atom. The first kappa shape index (κ1) is 29.6. The predicted octanol–water partition coefficient (Wildman–Crippen LogP) is 5.58. The van der Waals surface area contributed by atoms with E-state index >= 15 is 0 Å². The molecule has 10 nitrogen and oxygen atoms in total. The summed E-state index contributed by atoms with van der Waals surface area (Å²) < 4.78 is 28.5. The fourth-order valence-corrected chi connectivity index (χ4v) is 5.71. The molecule has 0 atom stereocenters. The average Bonchev–Trinajstić information content (AvgIpc) is 3.66. The van der Waals surface area contributed by atoms with Gasteiger partial charge in [0.2, 0.25) is 0 Å². The van der Waals surface area contributed by atoms with Crippen LogP contribution in [0.2, 0.25) is 0 Å². The minimum atomic E-state index is -0.493. The van der Waals surface area contributed by atoms with Crippen molar-refractivity contribution in [1.82, 2.24) is 24.5 Å². The number of ether oxygens (including phenoxy) is 2. The van der Waals surface area contributed by atoms with Crippen LogP contribution in [0.4, 0.5) is 10.1 Å². The van der Waals surface area contributed by atoms with Crippen LogP contribution in [0.15, 0.2) is 95.9 Å². The summed E-state index contributed by atoms with van der Waals surface area (Å²) in [4.78, 5) is 34.2. The quantitative estimate of drug-likeness (QED) is 0.203. The lowest BCUT2D eigenvalue weighted by atomic mass is 10.1. The number of hydrogen-bond acceptors (Lipinski definition) is 7. The molecule has 0 aliphatic carbocycles. The summed E-state index contributed by atoms with van der Waals surface area (Å²) in [5, 5.41) is 9.01. The molecular weight excluding hydrogens is 599 g/mol. The van der Waals surface area contributed by atoms with Crippen molar-refractivity contribution in [2.24, 2.45) is 0 Å². The second kappa shape index (κ2) is 12.0. The van der Waals surface area contributed by atoms with E-state index in [1.54, 1.807) is 78.2 Å². The number of halogens is 1. The van der Waals surface area contributed by atoms with Crippen LogP contribution in [0, 0.1) is 12.7 Å². The molecule has 0 bridgehead atoms. The lowest BCUT2D eigenvalue weighted by molar-refractivity contribution is -0.113. The molecule has 6 aromatic rings. The number of benzene rings is 4. The zero-order valence-corrected chi connectivity index (χ0v) is 25.8. The van der Waals surface area contributed by atoms with Gasteiger partial charge in [0.05, 0.1) is 61.4 Å². The van der Waals surface area contributed by atoms with Gasteiger partial charge in [-0.3, -0.25) is 14.2 Å². The van der Waals surface area contributed by atoms with Gasteiger partial charge in [0.15, 0.2) is 11.5 Å². The highest BCUT2D eigenvalue weighted by Gasteiger charge is 2.34. The number of aromatic nitrogens is 5. The molecule has 1 aliphatic rings. The average molecular weight is 629 g/mol. The molecule has 1 amide bonds. The molecule has 0 unspecified atom stereocenters. The third-order valence-corrected chi connectivity index (χ3v) is 8.13. The van der Waals surface area contributed by atoms with E-state index in [1.165, 1.54) is 17.0 Å². The fourth-order valence-electron chi connectivity index (χ4n) is 5.71.